The summed E-state index contributed by atoms with van der Waals surface area (Å²) in [5.74, 6) is 0.331. The Kier molecular flexibility index (Phi) is 3.01. The first-order valence-electron chi connectivity index (χ1n) is 6.64. The number of carbonyl (C=O) groups is 2. The summed E-state index contributed by atoms with van der Waals surface area (Å²) in [4.78, 5) is 24.8. The maximum atomic E-state index is 11.8. The van der Waals surface area contributed by atoms with Crippen molar-refractivity contribution in [1.82, 2.24) is 4.90 Å². The first-order chi connectivity index (χ1) is 9.17. The molecular formula is C15H17NO3. The Balaban J connectivity index is 1.47. The van der Waals surface area contributed by atoms with Crippen LogP contribution in [-0.2, 0) is 16.1 Å². The van der Waals surface area contributed by atoms with Gasteiger partial charge in [0.2, 0.25) is 0 Å². The van der Waals surface area contributed by atoms with Crippen molar-refractivity contribution in [3.05, 3.63) is 35.9 Å². The van der Waals surface area contributed by atoms with Gasteiger partial charge in [-0.1, -0.05) is 30.3 Å². The number of amides is 1. The number of Topliss-reactive ketones (excluding diaryl/α,β-unsaturated/α-hetero) is 1. The molecule has 1 amide bonds. The number of ketones is 1. The molecule has 0 aromatic heterocycles. The molecule has 4 nitrogen and oxygen atoms in total. The minimum absolute atomic E-state index is 0.0723. The molecule has 1 aromatic carbocycles. The summed E-state index contributed by atoms with van der Waals surface area (Å²) in [5.41, 5.74) is 1.06. The fourth-order valence-corrected chi connectivity index (χ4v) is 2.97. The molecule has 19 heavy (non-hydrogen) atoms. The predicted octanol–water partition coefficient (Wildman–Crippen LogP) is 2.38. The smallest absolute Gasteiger partial charge is 0.410 e. The number of hydrogen-bond donors (Lipinski definition) is 0. The molecule has 1 aliphatic heterocycles. The average molecular weight is 259 g/mol. The van der Waals surface area contributed by atoms with Crippen LogP contribution in [-0.4, -0.2) is 29.9 Å². The predicted molar refractivity (Wildman–Crippen MR) is 69.5 cm³/mol. The maximum Gasteiger partial charge on any atom is 0.410 e. The highest BCUT2D eigenvalue weighted by molar-refractivity contribution is 5.82. The Morgan fingerprint density at radius 1 is 1.26 bits per heavy atom. The average Bonchev–Trinajstić information content (AvgIpc) is 2.78. The lowest BCUT2D eigenvalue weighted by atomic mass is 9.78. The van der Waals surface area contributed by atoms with Crippen molar-refractivity contribution in [1.29, 1.82) is 0 Å². The molecule has 0 radical (unpaired) electrons. The summed E-state index contributed by atoms with van der Waals surface area (Å²) in [6.45, 7) is 1.65. The van der Waals surface area contributed by atoms with E-state index in [0.717, 1.165) is 12.0 Å². The number of benzene rings is 1. The summed E-state index contributed by atoms with van der Waals surface area (Å²) in [6.07, 6.45) is 1.96. The summed E-state index contributed by atoms with van der Waals surface area (Å²) in [5, 5.41) is 0. The lowest BCUT2D eigenvalue weighted by molar-refractivity contribution is -0.119. The van der Waals surface area contributed by atoms with Gasteiger partial charge in [0.1, 0.15) is 12.4 Å². The van der Waals surface area contributed by atoms with Gasteiger partial charge < -0.3 is 9.64 Å². The van der Waals surface area contributed by atoms with Gasteiger partial charge in [-0.05, 0) is 12.0 Å². The second kappa shape index (κ2) is 4.68. The van der Waals surface area contributed by atoms with Gasteiger partial charge in [-0.2, -0.15) is 0 Å². The molecular weight excluding hydrogens is 242 g/mol. The van der Waals surface area contributed by atoms with E-state index in [-0.39, 0.29) is 11.5 Å². The SMILES string of the molecule is O=C1CCC2(C1)CN(C(=O)OCc1ccccc1)C2. The van der Waals surface area contributed by atoms with Crippen LogP contribution in [0.2, 0.25) is 0 Å². The Labute approximate surface area is 112 Å². The van der Waals surface area contributed by atoms with Gasteiger partial charge in [0, 0.05) is 31.3 Å². The summed E-state index contributed by atoms with van der Waals surface area (Å²) >= 11 is 0. The molecule has 2 fully saturated rings. The first kappa shape index (κ1) is 12.2. The molecule has 0 atom stereocenters. The molecule has 1 aliphatic carbocycles. The second-order valence-electron chi connectivity index (χ2n) is 5.61. The van der Waals surface area contributed by atoms with Gasteiger partial charge >= 0.3 is 6.09 Å². The molecule has 1 spiro atoms. The summed E-state index contributed by atoms with van der Waals surface area (Å²) < 4.78 is 5.26. The maximum absolute atomic E-state index is 11.8. The molecule has 3 rings (SSSR count). The fraction of sp³-hybridized carbons (Fsp3) is 0.467. The molecule has 4 heteroatoms. The lowest BCUT2D eigenvalue weighted by Crippen LogP contribution is -2.57. The lowest BCUT2D eigenvalue weighted by Gasteiger charge is -2.46. The molecule has 1 saturated carbocycles. The molecule has 0 unspecified atom stereocenters. The van der Waals surface area contributed by atoms with Crippen molar-refractivity contribution in [2.24, 2.45) is 5.41 Å². The van der Waals surface area contributed by atoms with E-state index < -0.39 is 0 Å². The molecule has 1 aromatic rings. The van der Waals surface area contributed by atoms with Crippen molar-refractivity contribution in [2.75, 3.05) is 13.1 Å². The first-order valence-corrected chi connectivity index (χ1v) is 6.64. The van der Waals surface area contributed by atoms with Crippen LogP contribution in [0.25, 0.3) is 0 Å². The van der Waals surface area contributed by atoms with Crippen LogP contribution in [0.1, 0.15) is 24.8 Å². The van der Waals surface area contributed by atoms with E-state index in [1.165, 1.54) is 0 Å². The zero-order valence-corrected chi connectivity index (χ0v) is 10.8. The Morgan fingerprint density at radius 3 is 2.63 bits per heavy atom. The minimum Gasteiger partial charge on any atom is -0.445 e. The van der Waals surface area contributed by atoms with Crippen LogP contribution < -0.4 is 0 Å². The molecule has 0 bridgehead atoms. The topological polar surface area (TPSA) is 46.6 Å². The van der Waals surface area contributed by atoms with Crippen molar-refractivity contribution < 1.29 is 14.3 Å². The van der Waals surface area contributed by atoms with Gasteiger partial charge in [-0.3, -0.25) is 4.79 Å². The monoisotopic (exact) mass is 259 g/mol. The third-order valence-corrected chi connectivity index (χ3v) is 4.02. The summed E-state index contributed by atoms with van der Waals surface area (Å²) in [7, 11) is 0. The summed E-state index contributed by atoms with van der Waals surface area (Å²) in [6, 6.07) is 9.64. The van der Waals surface area contributed by atoms with E-state index in [2.05, 4.69) is 0 Å². The Morgan fingerprint density at radius 2 is 2.00 bits per heavy atom. The van der Waals surface area contributed by atoms with Crippen molar-refractivity contribution in [3.8, 4) is 0 Å². The van der Waals surface area contributed by atoms with Crippen LogP contribution >= 0.6 is 0 Å². The molecule has 2 aliphatic rings. The van der Waals surface area contributed by atoms with Gasteiger partial charge in [0.25, 0.3) is 0 Å². The van der Waals surface area contributed by atoms with Crippen LogP contribution in [0, 0.1) is 5.41 Å². The van der Waals surface area contributed by atoms with E-state index in [9.17, 15) is 9.59 Å². The standard InChI is InChI=1S/C15H17NO3/c17-13-6-7-15(8-13)10-16(11-15)14(18)19-9-12-4-2-1-3-5-12/h1-5H,6-11H2. The molecule has 1 saturated heterocycles. The van der Waals surface area contributed by atoms with Crippen molar-refractivity contribution in [2.45, 2.75) is 25.9 Å². The molecule has 1 heterocycles. The molecule has 0 N–H and O–H groups in total. The highest BCUT2D eigenvalue weighted by Crippen LogP contribution is 2.43. The normalized spacial score (nSPS) is 20.4. The second-order valence-corrected chi connectivity index (χ2v) is 5.61. The fourth-order valence-electron chi connectivity index (χ4n) is 2.97. The van der Waals surface area contributed by atoms with Crippen LogP contribution in [0.5, 0.6) is 0 Å². The van der Waals surface area contributed by atoms with Gasteiger partial charge in [-0.25, -0.2) is 4.79 Å². The number of hydrogen-bond acceptors (Lipinski definition) is 3. The van der Waals surface area contributed by atoms with Crippen LogP contribution in [0.15, 0.2) is 30.3 Å². The quantitative estimate of drug-likeness (QED) is 0.819. The Bertz CT molecular complexity index is 491. The van der Waals surface area contributed by atoms with Gasteiger partial charge in [0.05, 0.1) is 0 Å². The number of rotatable bonds is 2. The number of likely N-dealkylation sites (tertiary alicyclic amines) is 1. The van der Waals surface area contributed by atoms with Crippen LogP contribution in [0.4, 0.5) is 4.79 Å². The highest BCUT2D eigenvalue weighted by atomic mass is 16.6. The largest absolute Gasteiger partial charge is 0.445 e. The number of nitrogens with zero attached hydrogens (tertiary/aromatic N) is 1. The zero-order chi connectivity index (χ0) is 13.3. The van der Waals surface area contributed by atoms with Gasteiger partial charge in [-0.15, -0.1) is 0 Å². The van der Waals surface area contributed by atoms with Crippen LogP contribution in [0.3, 0.4) is 0 Å². The minimum atomic E-state index is -0.270. The van der Waals surface area contributed by atoms with Gasteiger partial charge in [0.15, 0.2) is 0 Å². The third kappa shape index (κ3) is 2.48. The Hall–Kier alpha value is -1.84. The number of ether oxygens (including phenoxy) is 1. The van der Waals surface area contributed by atoms with Crippen molar-refractivity contribution >= 4 is 11.9 Å². The number of carbonyl (C=O) groups excluding carboxylic acids is 2. The van der Waals surface area contributed by atoms with E-state index in [4.69, 9.17) is 4.74 Å². The molecule has 100 valence electrons. The van der Waals surface area contributed by atoms with E-state index >= 15 is 0 Å². The van der Waals surface area contributed by atoms with Crippen molar-refractivity contribution in [3.63, 3.8) is 0 Å². The highest BCUT2D eigenvalue weighted by Gasteiger charge is 2.49. The van der Waals surface area contributed by atoms with E-state index in [1.807, 2.05) is 30.3 Å². The third-order valence-electron chi connectivity index (χ3n) is 4.02. The zero-order valence-electron chi connectivity index (χ0n) is 10.8. The van der Waals surface area contributed by atoms with E-state index in [1.54, 1.807) is 4.90 Å². The van der Waals surface area contributed by atoms with E-state index in [0.29, 0.717) is 38.3 Å².